The zero-order valence-electron chi connectivity index (χ0n) is 16.5. The van der Waals surface area contributed by atoms with Gasteiger partial charge in [0.1, 0.15) is 19.8 Å². The molecule has 0 saturated heterocycles. The Bertz CT molecular complexity index is 743. The fourth-order valence-electron chi connectivity index (χ4n) is 3.50. The van der Waals surface area contributed by atoms with Crippen LogP contribution in [-0.2, 0) is 30.4 Å². The maximum Gasteiger partial charge on any atom is 0.414 e. The van der Waals surface area contributed by atoms with E-state index in [-0.39, 0.29) is 43.8 Å². The molecule has 8 heteroatoms. The van der Waals surface area contributed by atoms with Crippen molar-refractivity contribution in [1.29, 1.82) is 0 Å². The minimum absolute atomic E-state index is 0.00122. The van der Waals surface area contributed by atoms with Gasteiger partial charge in [0.15, 0.2) is 0 Å². The number of ether oxygens (including phenoxy) is 3. The van der Waals surface area contributed by atoms with Gasteiger partial charge in [-0.3, -0.25) is 9.69 Å². The van der Waals surface area contributed by atoms with E-state index in [0.717, 1.165) is 31.2 Å². The van der Waals surface area contributed by atoms with Crippen LogP contribution in [0.5, 0.6) is 0 Å². The quantitative estimate of drug-likeness (QED) is 0.680. The molecule has 2 aliphatic rings. The van der Waals surface area contributed by atoms with E-state index in [1.165, 1.54) is 12.0 Å². The molecule has 1 aliphatic heterocycles. The van der Waals surface area contributed by atoms with Crippen molar-refractivity contribution < 1.29 is 28.6 Å². The predicted molar refractivity (Wildman–Crippen MR) is 103 cm³/mol. The van der Waals surface area contributed by atoms with Crippen LogP contribution in [0.1, 0.15) is 31.2 Å². The molecular weight excluding hydrogens is 376 g/mol. The van der Waals surface area contributed by atoms with Crippen molar-refractivity contribution in [2.45, 2.75) is 44.4 Å². The molecule has 2 amide bonds. The lowest BCUT2D eigenvalue weighted by atomic mass is 9.91. The number of carbonyl (C=O) groups is 3. The second-order valence-electron chi connectivity index (χ2n) is 7.08. The van der Waals surface area contributed by atoms with Crippen molar-refractivity contribution in [2.75, 3.05) is 20.3 Å². The molecule has 0 radical (unpaired) electrons. The molecule has 1 heterocycles. The van der Waals surface area contributed by atoms with E-state index in [9.17, 15) is 14.4 Å². The summed E-state index contributed by atoms with van der Waals surface area (Å²) in [7, 11) is 1.33. The van der Waals surface area contributed by atoms with E-state index in [1.807, 2.05) is 30.3 Å². The van der Waals surface area contributed by atoms with E-state index in [1.54, 1.807) is 17.3 Å². The van der Waals surface area contributed by atoms with E-state index in [4.69, 9.17) is 9.47 Å². The molecule has 0 unspecified atom stereocenters. The highest BCUT2D eigenvalue weighted by Gasteiger charge is 2.32. The summed E-state index contributed by atoms with van der Waals surface area (Å²) in [5.41, 5.74) is 0.890. The number of hydrogen-bond acceptors (Lipinski definition) is 6. The van der Waals surface area contributed by atoms with Crippen LogP contribution >= 0.6 is 0 Å². The summed E-state index contributed by atoms with van der Waals surface area (Å²) >= 11 is 0. The van der Waals surface area contributed by atoms with E-state index < -0.39 is 6.09 Å². The lowest BCUT2D eigenvalue weighted by Crippen LogP contribution is -2.48. The molecule has 0 N–H and O–H groups in total. The molecule has 156 valence electrons. The fourth-order valence-corrected chi connectivity index (χ4v) is 3.50. The van der Waals surface area contributed by atoms with Gasteiger partial charge in [-0.25, -0.2) is 9.59 Å². The van der Waals surface area contributed by atoms with Gasteiger partial charge in [-0.05, 0) is 31.2 Å². The number of methoxy groups -OCH3 is 1. The van der Waals surface area contributed by atoms with Crippen LogP contribution < -0.4 is 0 Å². The van der Waals surface area contributed by atoms with Gasteiger partial charge in [0.25, 0.3) is 0 Å². The third-order valence-corrected chi connectivity index (χ3v) is 5.14. The zero-order valence-corrected chi connectivity index (χ0v) is 16.5. The average Bonchev–Trinajstić information content (AvgIpc) is 2.77. The van der Waals surface area contributed by atoms with Crippen molar-refractivity contribution >= 4 is 18.0 Å². The molecule has 0 bridgehead atoms. The standard InChI is InChI=1S/C21H26N2O6/c1-27-20(25)15-28-18-9-7-17(8-10-18)23-12-11-22(13-19(23)24)21(26)29-14-16-5-3-2-4-6-16/h2-6,11-12,17-18H,7-10,13-15H2,1H3/t17-,18-. The van der Waals surface area contributed by atoms with Crippen LogP contribution in [0.25, 0.3) is 0 Å². The predicted octanol–water partition coefficient (Wildman–Crippen LogP) is 2.44. The molecule has 1 aliphatic carbocycles. The highest BCUT2D eigenvalue weighted by Crippen LogP contribution is 2.27. The first-order valence-corrected chi connectivity index (χ1v) is 9.72. The Morgan fingerprint density at radius 2 is 1.79 bits per heavy atom. The summed E-state index contributed by atoms with van der Waals surface area (Å²) in [6.07, 6.45) is 5.78. The van der Waals surface area contributed by atoms with Gasteiger partial charge in [0.2, 0.25) is 5.91 Å². The van der Waals surface area contributed by atoms with E-state index in [0.29, 0.717) is 0 Å². The molecule has 0 aromatic heterocycles. The van der Waals surface area contributed by atoms with Crippen molar-refractivity contribution in [3.63, 3.8) is 0 Å². The Hall–Kier alpha value is -2.87. The van der Waals surface area contributed by atoms with Gasteiger partial charge in [-0.15, -0.1) is 0 Å². The third kappa shape index (κ3) is 5.80. The largest absolute Gasteiger partial charge is 0.467 e. The van der Waals surface area contributed by atoms with Gasteiger partial charge in [-0.1, -0.05) is 30.3 Å². The zero-order chi connectivity index (χ0) is 20.6. The average molecular weight is 402 g/mol. The second kappa shape index (κ2) is 10.1. The Labute approximate surface area is 170 Å². The first-order chi connectivity index (χ1) is 14.1. The maximum atomic E-state index is 12.6. The van der Waals surface area contributed by atoms with Crippen molar-refractivity contribution in [1.82, 2.24) is 9.80 Å². The molecule has 29 heavy (non-hydrogen) atoms. The van der Waals surface area contributed by atoms with Crippen LogP contribution in [0.2, 0.25) is 0 Å². The molecule has 1 aromatic rings. The van der Waals surface area contributed by atoms with Gasteiger partial charge in [0.05, 0.1) is 13.2 Å². The Morgan fingerprint density at radius 1 is 1.07 bits per heavy atom. The molecule has 8 nitrogen and oxygen atoms in total. The molecular formula is C21H26N2O6. The normalized spacial score (nSPS) is 21.8. The summed E-state index contributed by atoms with van der Waals surface area (Å²) < 4.78 is 15.4. The van der Waals surface area contributed by atoms with Crippen molar-refractivity contribution in [3.8, 4) is 0 Å². The first-order valence-electron chi connectivity index (χ1n) is 9.72. The first kappa shape index (κ1) is 20.9. The fraction of sp³-hybridized carbons (Fsp3) is 0.476. The SMILES string of the molecule is COC(=O)CO[C@H]1CC[C@H](N2C=CN(C(=O)OCc3ccccc3)CC2=O)CC1. The lowest BCUT2D eigenvalue weighted by Gasteiger charge is -2.37. The van der Waals surface area contributed by atoms with Crippen molar-refractivity contribution in [3.05, 3.63) is 48.3 Å². The monoisotopic (exact) mass is 402 g/mol. The van der Waals surface area contributed by atoms with E-state index >= 15 is 0 Å². The highest BCUT2D eigenvalue weighted by molar-refractivity contribution is 5.85. The molecule has 1 saturated carbocycles. The van der Waals surface area contributed by atoms with Crippen LogP contribution in [0, 0.1) is 0 Å². The lowest BCUT2D eigenvalue weighted by molar-refractivity contribution is -0.148. The Balaban J connectivity index is 1.45. The summed E-state index contributed by atoms with van der Waals surface area (Å²) in [5.74, 6) is -0.524. The van der Waals surface area contributed by atoms with Gasteiger partial charge < -0.3 is 19.1 Å². The third-order valence-electron chi connectivity index (χ3n) is 5.14. The van der Waals surface area contributed by atoms with Crippen LogP contribution in [0.3, 0.4) is 0 Å². The molecule has 1 aromatic carbocycles. The smallest absolute Gasteiger partial charge is 0.414 e. The molecule has 3 rings (SSSR count). The van der Waals surface area contributed by atoms with Gasteiger partial charge in [0, 0.05) is 18.4 Å². The topological polar surface area (TPSA) is 85.4 Å². The van der Waals surface area contributed by atoms with Crippen LogP contribution in [-0.4, -0.2) is 60.2 Å². The molecule has 0 spiro atoms. The molecule has 1 fully saturated rings. The van der Waals surface area contributed by atoms with Crippen LogP contribution in [0.15, 0.2) is 42.7 Å². The number of amides is 2. The van der Waals surface area contributed by atoms with Crippen LogP contribution in [0.4, 0.5) is 4.79 Å². The number of esters is 1. The number of hydrogen-bond donors (Lipinski definition) is 0. The molecule has 0 atom stereocenters. The number of benzene rings is 1. The number of rotatable bonds is 6. The summed E-state index contributed by atoms with van der Waals surface area (Å²) in [6, 6.07) is 9.46. The van der Waals surface area contributed by atoms with E-state index in [2.05, 4.69) is 4.74 Å². The van der Waals surface area contributed by atoms with Crippen molar-refractivity contribution in [2.24, 2.45) is 0 Å². The number of carbonyl (C=O) groups excluding carboxylic acids is 3. The highest BCUT2D eigenvalue weighted by atomic mass is 16.6. The van der Waals surface area contributed by atoms with Gasteiger partial charge in [-0.2, -0.15) is 0 Å². The minimum atomic E-state index is -0.543. The summed E-state index contributed by atoms with van der Waals surface area (Å²) in [5, 5.41) is 0. The minimum Gasteiger partial charge on any atom is -0.467 e. The summed E-state index contributed by atoms with van der Waals surface area (Å²) in [4.78, 5) is 38.9. The maximum absolute atomic E-state index is 12.6. The Morgan fingerprint density at radius 3 is 2.45 bits per heavy atom. The second-order valence-corrected chi connectivity index (χ2v) is 7.08. The van der Waals surface area contributed by atoms with Gasteiger partial charge >= 0.3 is 12.1 Å². The summed E-state index contributed by atoms with van der Waals surface area (Å²) in [6.45, 7) is 0.0782. The Kier molecular flexibility index (Phi) is 7.24. The number of nitrogens with zero attached hydrogens (tertiary/aromatic N) is 2.